The highest BCUT2D eigenvalue weighted by atomic mass is 16.3. The Hall–Kier alpha value is -0.900. The number of hydrogen-bond acceptors (Lipinski definition) is 3. The predicted octanol–water partition coefficient (Wildman–Crippen LogP) is 1.62. The molecule has 2 rings (SSSR count). The van der Waals surface area contributed by atoms with Crippen LogP contribution in [0.3, 0.4) is 0 Å². The molecule has 0 amide bonds. The van der Waals surface area contributed by atoms with Gasteiger partial charge in [0.1, 0.15) is 0 Å². The smallest absolute Gasteiger partial charge is 0.0582 e. The Labute approximate surface area is 110 Å². The van der Waals surface area contributed by atoms with Crippen molar-refractivity contribution in [2.45, 2.75) is 38.4 Å². The lowest BCUT2D eigenvalue weighted by Gasteiger charge is -2.34. The Balaban J connectivity index is 1.83. The van der Waals surface area contributed by atoms with Crippen LogP contribution in [0.2, 0.25) is 0 Å². The van der Waals surface area contributed by atoms with E-state index in [2.05, 4.69) is 40.5 Å². The van der Waals surface area contributed by atoms with E-state index in [9.17, 15) is 0 Å². The number of aliphatic hydroxyl groups excluding tert-OH is 1. The molecule has 0 bridgehead atoms. The van der Waals surface area contributed by atoms with Crippen LogP contribution in [-0.4, -0.2) is 41.8 Å². The molecule has 1 aromatic rings. The van der Waals surface area contributed by atoms with Gasteiger partial charge in [-0.15, -0.1) is 0 Å². The van der Waals surface area contributed by atoms with Crippen LogP contribution in [0.25, 0.3) is 0 Å². The molecule has 3 heteroatoms. The fourth-order valence-corrected chi connectivity index (χ4v) is 2.63. The van der Waals surface area contributed by atoms with Gasteiger partial charge in [-0.05, 0) is 31.9 Å². The van der Waals surface area contributed by atoms with Gasteiger partial charge in [0.05, 0.1) is 6.61 Å². The molecule has 0 radical (unpaired) electrons. The summed E-state index contributed by atoms with van der Waals surface area (Å²) in [5.74, 6) is 0. The summed E-state index contributed by atoms with van der Waals surface area (Å²) in [6.45, 7) is 5.55. The van der Waals surface area contributed by atoms with Crippen molar-refractivity contribution in [1.29, 1.82) is 0 Å². The number of piperidine rings is 1. The first-order chi connectivity index (χ1) is 8.78. The monoisotopic (exact) mass is 248 g/mol. The van der Waals surface area contributed by atoms with Crippen molar-refractivity contribution >= 4 is 0 Å². The molecular weight excluding hydrogens is 224 g/mol. The van der Waals surface area contributed by atoms with E-state index in [1.807, 2.05) is 6.92 Å². The average molecular weight is 248 g/mol. The molecule has 18 heavy (non-hydrogen) atoms. The number of hydrogen-bond donors (Lipinski definition) is 2. The first-order valence-electron chi connectivity index (χ1n) is 6.91. The molecule has 1 aliphatic rings. The molecule has 2 atom stereocenters. The van der Waals surface area contributed by atoms with Gasteiger partial charge in [0.2, 0.25) is 0 Å². The summed E-state index contributed by atoms with van der Waals surface area (Å²) in [6, 6.07) is 11.4. The summed E-state index contributed by atoms with van der Waals surface area (Å²) in [6.07, 6.45) is 2.46. The van der Waals surface area contributed by atoms with Gasteiger partial charge in [0.25, 0.3) is 0 Å². The van der Waals surface area contributed by atoms with Crippen LogP contribution in [0.1, 0.15) is 25.3 Å². The molecule has 1 aliphatic heterocycles. The standard InChI is InChI=1S/C15H24N2O/c1-13(12-18)16-15-8-5-9-17(11-15)10-14-6-3-2-4-7-14/h2-4,6-7,13,15-16,18H,5,8-12H2,1H3/t13-,15+/m0/s1. The highest BCUT2D eigenvalue weighted by molar-refractivity contribution is 5.14. The summed E-state index contributed by atoms with van der Waals surface area (Å²) >= 11 is 0. The zero-order chi connectivity index (χ0) is 12.8. The summed E-state index contributed by atoms with van der Waals surface area (Å²) < 4.78 is 0. The SMILES string of the molecule is C[C@@H](CO)N[C@@H]1CCCN(Cc2ccccc2)C1. The maximum atomic E-state index is 9.09. The largest absolute Gasteiger partial charge is 0.395 e. The fourth-order valence-electron chi connectivity index (χ4n) is 2.63. The third kappa shape index (κ3) is 4.09. The quantitative estimate of drug-likeness (QED) is 0.831. The molecular formula is C15H24N2O. The highest BCUT2D eigenvalue weighted by Crippen LogP contribution is 2.14. The molecule has 0 spiro atoms. The fraction of sp³-hybridized carbons (Fsp3) is 0.600. The van der Waals surface area contributed by atoms with Crippen LogP contribution in [0.5, 0.6) is 0 Å². The zero-order valence-electron chi connectivity index (χ0n) is 11.2. The number of nitrogens with one attached hydrogen (secondary N) is 1. The zero-order valence-corrected chi connectivity index (χ0v) is 11.2. The van der Waals surface area contributed by atoms with E-state index < -0.39 is 0 Å². The first kappa shape index (κ1) is 13.5. The van der Waals surface area contributed by atoms with Crippen LogP contribution >= 0.6 is 0 Å². The Morgan fingerprint density at radius 3 is 2.89 bits per heavy atom. The summed E-state index contributed by atoms with van der Waals surface area (Å²) in [7, 11) is 0. The van der Waals surface area contributed by atoms with Gasteiger partial charge in [-0.2, -0.15) is 0 Å². The third-order valence-corrected chi connectivity index (χ3v) is 3.55. The van der Waals surface area contributed by atoms with E-state index >= 15 is 0 Å². The Bertz CT molecular complexity index is 342. The third-order valence-electron chi connectivity index (χ3n) is 3.55. The average Bonchev–Trinajstić information content (AvgIpc) is 2.40. The number of benzene rings is 1. The molecule has 1 saturated heterocycles. The topological polar surface area (TPSA) is 35.5 Å². The Morgan fingerprint density at radius 2 is 2.17 bits per heavy atom. The minimum atomic E-state index is 0.201. The molecule has 1 fully saturated rings. The molecule has 0 saturated carbocycles. The van der Waals surface area contributed by atoms with Crippen LogP contribution in [0, 0.1) is 0 Å². The molecule has 100 valence electrons. The predicted molar refractivity (Wildman–Crippen MR) is 74.4 cm³/mol. The first-order valence-corrected chi connectivity index (χ1v) is 6.91. The van der Waals surface area contributed by atoms with Gasteiger partial charge < -0.3 is 10.4 Å². The Kier molecular flexibility index (Phi) is 5.17. The normalized spacial score (nSPS) is 22.9. The van der Waals surface area contributed by atoms with E-state index in [1.165, 1.54) is 24.9 Å². The van der Waals surface area contributed by atoms with Crippen molar-refractivity contribution in [3.63, 3.8) is 0 Å². The number of aliphatic hydroxyl groups is 1. The minimum Gasteiger partial charge on any atom is -0.395 e. The van der Waals surface area contributed by atoms with Crippen LogP contribution in [-0.2, 0) is 6.54 Å². The van der Waals surface area contributed by atoms with E-state index in [0.717, 1.165) is 13.1 Å². The van der Waals surface area contributed by atoms with Gasteiger partial charge in [-0.1, -0.05) is 30.3 Å². The Morgan fingerprint density at radius 1 is 1.39 bits per heavy atom. The van der Waals surface area contributed by atoms with Crippen molar-refractivity contribution in [2.24, 2.45) is 0 Å². The number of rotatable bonds is 5. The lowest BCUT2D eigenvalue weighted by Crippen LogP contribution is -2.48. The van der Waals surface area contributed by atoms with E-state index in [1.54, 1.807) is 0 Å². The lowest BCUT2D eigenvalue weighted by atomic mass is 10.0. The second kappa shape index (κ2) is 6.88. The molecule has 0 unspecified atom stereocenters. The van der Waals surface area contributed by atoms with Gasteiger partial charge in [0.15, 0.2) is 0 Å². The van der Waals surface area contributed by atoms with Crippen molar-refractivity contribution in [3.8, 4) is 0 Å². The maximum absolute atomic E-state index is 9.09. The van der Waals surface area contributed by atoms with E-state index in [0.29, 0.717) is 6.04 Å². The van der Waals surface area contributed by atoms with Gasteiger partial charge in [0, 0.05) is 25.2 Å². The van der Waals surface area contributed by atoms with E-state index in [-0.39, 0.29) is 12.6 Å². The summed E-state index contributed by atoms with van der Waals surface area (Å²) in [5.41, 5.74) is 1.38. The minimum absolute atomic E-state index is 0.201. The van der Waals surface area contributed by atoms with Gasteiger partial charge in [-0.3, -0.25) is 4.90 Å². The van der Waals surface area contributed by atoms with Crippen LogP contribution in [0.15, 0.2) is 30.3 Å². The maximum Gasteiger partial charge on any atom is 0.0582 e. The second-order valence-corrected chi connectivity index (χ2v) is 5.31. The molecule has 0 aliphatic carbocycles. The molecule has 0 aromatic heterocycles. The lowest BCUT2D eigenvalue weighted by molar-refractivity contribution is 0.162. The number of likely N-dealkylation sites (tertiary alicyclic amines) is 1. The molecule has 1 aromatic carbocycles. The van der Waals surface area contributed by atoms with Crippen LogP contribution < -0.4 is 5.32 Å². The van der Waals surface area contributed by atoms with Crippen molar-refractivity contribution in [1.82, 2.24) is 10.2 Å². The summed E-state index contributed by atoms with van der Waals surface area (Å²) in [5, 5.41) is 12.6. The van der Waals surface area contributed by atoms with Crippen molar-refractivity contribution in [2.75, 3.05) is 19.7 Å². The number of nitrogens with zero attached hydrogens (tertiary/aromatic N) is 1. The van der Waals surface area contributed by atoms with Gasteiger partial charge in [-0.25, -0.2) is 0 Å². The summed E-state index contributed by atoms with van der Waals surface area (Å²) in [4.78, 5) is 2.50. The van der Waals surface area contributed by atoms with Crippen molar-refractivity contribution in [3.05, 3.63) is 35.9 Å². The second-order valence-electron chi connectivity index (χ2n) is 5.31. The molecule has 3 nitrogen and oxygen atoms in total. The van der Waals surface area contributed by atoms with E-state index in [4.69, 9.17) is 5.11 Å². The van der Waals surface area contributed by atoms with Gasteiger partial charge >= 0.3 is 0 Å². The molecule has 1 heterocycles. The molecule has 2 N–H and O–H groups in total. The van der Waals surface area contributed by atoms with Crippen LogP contribution in [0.4, 0.5) is 0 Å². The van der Waals surface area contributed by atoms with Crippen molar-refractivity contribution < 1.29 is 5.11 Å². The highest BCUT2D eigenvalue weighted by Gasteiger charge is 2.20.